The van der Waals surface area contributed by atoms with E-state index in [1.54, 1.807) is 17.8 Å². The molecule has 0 radical (unpaired) electrons. The summed E-state index contributed by atoms with van der Waals surface area (Å²) in [6, 6.07) is 7.78. The summed E-state index contributed by atoms with van der Waals surface area (Å²) >= 11 is 1.54. The number of aromatic nitrogens is 3. The van der Waals surface area contributed by atoms with Crippen LogP contribution in [0.1, 0.15) is 40.5 Å². The topological polar surface area (TPSA) is 98.2 Å². The largest absolute Gasteiger partial charge is 0.507 e. The van der Waals surface area contributed by atoms with Gasteiger partial charge in [0, 0.05) is 22.8 Å². The van der Waals surface area contributed by atoms with Crippen molar-refractivity contribution >= 4 is 22.8 Å². The fourth-order valence-electron chi connectivity index (χ4n) is 4.94. The van der Waals surface area contributed by atoms with E-state index >= 15 is 0 Å². The number of piperidine rings is 1. The second kappa shape index (κ2) is 7.15. The Kier molecular flexibility index (Phi) is 4.65. The van der Waals surface area contributed by atoms with Crippen LogP contribution in [0.25, 0.3) is 21.7 Å². The second-order valence-electron chi connectivity index (χ2n) is 9.63. The quantitative estimate of drug-likeness (QED) is 0.489. The highest BCUT2D eigenvalue weighted by molar-refractivity contribution is 7.13. The van der Waals surface area contributed by atoms with Crippen LogP contribution in [0.5, 0.6) is 5.75 Å². The fourth-order valence-corrected chi connectivity index (χ4v) is 5.56. The number of nitrogens with zero attached hydrogens (tertiary/aromatic N) is 4. The Morgan fingerprint density at radius 3 is 2.55 bits per heavy atom. The molecule has 0 saturated carbocycles. The molecule has 1 saturated heterocycles. The van der Waals surface area contributed by atoms with Crippen LogP contribution in [0.4, 0.5) is 11.5 Å². The van der Waals surface area contributed by atoms with Crippen LogP contribution in [0.3, 0.4) is 0 Å². The Hall–Kier alpha value is -2.75. The number of phenolic OH excluding ortho intramolecular Hbond substituents is 1. The average molecular weight is 438 g/mol. The van der Waals surface area contributed by atoms with Crippen molar-refractivity contribution in [2.24, 2.45) is 0 Å². The van der Waals surface area contributed by atoms with Gasteiger partial charge in [0.2, 0.25) is 0 Å². The molecule has 1 aromatic carbocycles. The standard InChI is InChI=1S/C22H27N7OS/c1-21(2)9-14(10-22(3,4)27-21)29-20-17(25-28-29)8-16(24-26-20)15-6-5-13(7-18(15)30)19-11-23-12-31-19/h5-8,11-12,14,25,27-28,30H,9-10H2,1-4H3. The summed E-state index contributed by atoms with van der Waals surface area (Å²) < 4.78 is 0. The molecule has 2 aliphatic heterocycles. The molecule has 4 heterocycles. The molecule has 0 amide bonds. The van der Waals surface area contributed by atoms with E-state index in [1.165, 1.54) is 11.3 Å². The summed E-state index contributed by atoms with van der Waals surface area (Å²) in [7, 11) is 0. The predicted octanol–water partition coefficient (Wildman–Crippen LogP) is 3.93. The number of rotatable bonds is 3. The third kappa shape index (κ3) is 3.84. The Morgan fingerprint density at radius 2 is 1.87 bits per heavy atom. The lowest BCUT2D eigenvalue weighted by Crippen LogP contribution is -2.63. The van der Waals surface area contributed by atoms with Gasteiger partial charge in [0.1, 0.15) is 5.75 Å². The monoisotopic (exact) mass is 437 g/mol. The zero-order chi connectivity index (χ0) is 21.8. The first-order valence-corrected chi connectivity index (χ1v) is 11.3. The zero-order valence-electron chi connectivity index (χ0n) is 18.1. The molecule has 2 aromatic heterocycles. The molecule has 4 N–H and O–H groups in total. The summed E-state index contributed by atoms with van der Waals surface area (Å²) in [6.45, 7) is 8.94. The van der Waals surface area contributed by atoms with E-state index in [1.807, 2.05) is 18.2 Å². The SMILES string of the molecule is CC1(C)CC(N2NNc3cc(-c4ccc(-c5cncs5)cc4O)nnc32)CC(C)(C)N1. The molecule has 0 atom stereocenters. The van der Waals surface area contributed by atoms with Crippen molar-refractivity contribution < 1.29 is 5.11 Å². The maximum absolute atomic E-state index is 10.6. The Balaban J connectivity index is 1.42. The highest BCUT2D eigenvalue weighted by Gasteiger charge is 2.42. The molecule has 162 valence electrons. The Morgan fingerprint density at radius 1 is 1.10 bits per heavy atom. The Labute approximate surface area is 185 Å². The van der Waals surface area contributed by atoms with Gasteiger partial charge in [-0.2, -0.15) is 0 Å². The molecule has 31 heavy (non-hydrogen) atoms. The summed E-state index contributed by atoms with van der Waals surface area (Å²) in [4.78, 5) is 5.11. The maximum atomic E-state index is 10.6. The van der Waals surface area contributed by atoms with Gasteiger partial charge < -0.3 is 10.4 Å². The number of hydrazine groups is 2. The average Bonchev–Trinajstić information content (AvgIpc) is 3.35. The van der Waals surface area contributed by atoms with E-state index in [0.717, 1.165) is 34.8 Å². The van der Waals surface area contributed by atoms with E-state index in [4.69, 9.17) is 0 Å². The van der Waals surface area contributed by atoms with Crippen LogP contribution in [0.15, 0.2) is 36.0 Å². The van der Waals surface area contributed by atoms with Crippen molar-refractivity contribution in [3.63, 3.8) is 0 Å². The zero-order valence-corrected chi connectivity index (χ0v) is 18.9. The Bertz CT molecular complexity index is 1100. The van der Waals surface area contributed by atoms with Crippen molar-refractivity contribution in [1.82, 2.24) is 26.0 Å². The number of phenols is 1. The summed E-state index contributed by atoms with van der Waals surface area (Å²) in [5.74, 6) is 0.952. The number of anilines is 2. The van der Waals surface area contributed by atoms with Gasteiger partial charge in [-0.1, -0.05) is 6.07 Å². The van der Waals surface area contributed by atoms with Crippen LogP contribution in [0.2, 0.25) is 0 Å². The van der Waals surface area contributed by atoms with Gasteiger partial charge >= 0.3 is 0 Å². The molecule has 0 spiro atoms. The number of fused-ring (bicyclic) bond motifs is 1. The fraction of sp³-hybridized carbons (Fsp3) is 0.409. The highest BCUT2D eigenvalue weighted by Crippen LogP contribution is 2.39. The smallest absolute Gasteiger partial charge is 0.191 e. The molecule has 2 aliphatic rings. The van der Waals surface area contributed by atoms with Gasteiger partial charge in [0.25, 0.3) is 0 Å². The summed E-state index contributed by atoms with van der Waals surface area (Å²) in [6.07, 6.45) is 3.75. The first-order valence-electron chi connectivity index (χ1n) is 10.4. The van der Waals surface area contributed by atoms with Gasteiger partial charge in [0.15, 0.2) is 5.82 Å². The van der Waals surface area contributed by atoms with Crippen molar-refractivity contribution in [1.29, 1.82) is 0 Å². The lowest BCUT2D eigenvalue weighted by Gasteiger charge is -2.48. The van der Waals surface area contributed by atoms with Gasteiger partial charge in [-0.15, -0.1) is 27.1 Å². The van der Waals surface area contributed by atoms with Crippen LogP contribution < -0.4 is 21.3 Å². The van der Waals surface area contributed by atoms with Crippen LogP contribution in [-0.4, -0.2) is 37.4 Å². The van der Waals surface area contributed by atoms with Crippen molar-refractivity contribution in [3.05, 3.63) is 36.0 Å². The van der Waals surface area contributed by atoms with Crippen molar-refractivity contribution in [2.45, 2.75) is 57.7 Å². The van der Waals surface area contributed by atoms with E-state index in [-0.39, 0.29) is 22.9 Å². The van der Waals surface area contributed by atoms with Crippen molar-refractivity contribution in [2.75, 3.05) is 10.4 Å². The lowest BCUT2D eigenvalue weighted by atomic mass is 9.79. The molecule has 0 unspecified atom stereocenters. The van der Waals surface area contributed by atoms with E-state index in [0.29, 0.717) is 11.3 Å². The van der Waals surface area contributed by atoms with E-state index < -0.39 is 0 Å². The first-order chi connectivity index (χ1) is 14.7. The van der Waals surface area contributed by atoms with E-state index in [2.05, 4.69) is 64.2 Å². The minimum Gasteiger partial charge on any atom is -0.507 e. The highest BCUT2D eigenvalue weighted by atomic mass is 32.1. The van der Waals surface area contributed by atoms with Crippen molar-refractivity contribution in [3.8, 4) is 27.4 Å². The molecule has 0 bridgehead atoms. The number of hydrogen-bond donors (Lipinski definition) is 4. The number of thiazole rings is 1. The minimum atomic E-state index is 0.0236. The second-order valence-corrected chi connectivity index (χ2v) is 10.5. The third-order valence-corrected chi connectivity index (χ3v) is 6.66. The van der Waals surface area contributed by atoms with Gasteiger partial charge in [-0.3, -0.25) is 15.4 Å². The molecule has 9 heteroatoms. The molecule has 8 nitrogen and oxygen atoms in total. The van der Waals surface area contributed by atoms with Gasteiger partial charge in [-0.25, -0.2) is 0 Å². The normalized spacial score (nSPS) is 19.8. The minimum absolute atomic E-state index is 0.0236. The third-order valence-electron chi connectivity index (χ3n) is 5.84. The number of hydrogen-bond acceptors (Lipinski definition) is 9. The summed E-state index contributed by atoms with van der Waals surface area (Å²) in [5, 5.41) is 25.4. The maximum Gasteiger partial charge on any atom is 0.191 e. The number of benzene rings is 1. The number of nitrogens with one attached hydrogen (secondary N) is 3. The molecular weight excluding hydrogens is 410 g/mol. The van der Waals surface area contributed by atoms with E-state index in [9.17, 15) is 5.11 Å². The first kappa shape index (κ1) is 20.2. The molecule has 0 aliphatic carbocycles. The molecular formula is C22H27N7OS. The molecule has 3 aromatic rings. The van der Waals surface area contributed by atoms with Crippen LogP contribution in [-0.2, 0) is 0 Å². The van der Waals surface area contributed by atoms with Crippen LogP contribution in [0, 0.1) is 0 Å². The molecule has 5 rings (SSSR count). The van der Waals surface area contributed by atoms with Crippen LogP contribution >= 0.6 is 11.3 Å². The molecule has 1 fully saturated rings. The summed E-state index contributed by atoms with van der Waals surface area (Å²) in [5.41, 5.74) is 11.4. The van der Waals surface area contributed by atoms with Gasteiger partial charge in [-0.05, 0) is 64.3 Å². The predicted molar refractivity (Wildman–Crippen MR) is 124 cm³/mol. The lowest BCUT2D eigenvalue weighted by molar-refractivity contribution is 0.155. The number of aromatic hydroxyl groups is 1. The van der Waals surface area contributed by atoms with Gasteiger partial charge in [0.05, 0.1) is 27.8 Å².